The second-order valence-electron chi connectivity index (χ2n) is 7.95. The summed E-state index contributed by atoms with van der Waals surface area (Å²) in [5, 5.41) is 42.5. The Morgan fingerprint density at radius 2 is 1.16 bits per heavy atom. The highest BCUT2D eigenvalue weighted by atomic mass is 16.7. The molecule has 37 heavy (non-hydrogen) atoms. The number of carboxylic acid groups (broad SMARTS) is 1. The van der Waals surface area contributed by atoms with Gasteiger partial charge in [0.1, 0.15) is 18.3 Å². The molecule has 0 aromatic carbocycles. The molecule has 0 saturated carbocycles. The van der Waals surface area contributed by atoms with Gasteiger partial charge in [-0.2, -0.15) is 0 Å². The van der Waals surface area contributed by atoms with Gasteiger partial charge in [0, 0.05) is 19.5 Å². The predicted molar refractivity (Wildman–Crippen MR) is 126 cm³/mol. The quantitative estimate of drug-likeness (QED) is 0.0797. The molecule has 0 aliphatic carbocycles. The van der Waals surface area contributed by atoms with Crippen LogP contribution in [0.4, 0.5) is 4.79 Å². The summed E-state index contributed by atoms with van der Waals surface area (Å²) in [6.07, 6.45) is -6.48. The van der Waals surface area contributed by atoms with Crippen molar-refractivity contribution in [1.82, 2.24) is 10.6 Å². The topological polar surface area (TPSA) is 204 Å². The van der Waals surface area contributed by atoms with Crippen LogP contribution in [0.1, 0.15) is 13.3 Å². The number of rotatable bonds is 22. The van der Waals surface area contributed by atoms with Crippen LogP contribution in [0.2, 0.25) is 0 Å². The van der Waals surface area contributed by atoms with Crippen LogP contribution in [0.3, 0.4) is 0 Å². The van der Waals surface area contributed by atoms with Crippen LogP contribution >= 0.6 is 0 Å². The average Bonchev–Trinajstić information content (AvgIpc) is 2.87. The van der Waals surface area contributed by atoms with E-state index in [0.717, 1.165) is 0 Å². The molecule has 5 atom stereocenters. The first-order valence-electron chi connectivity index (χ1n) is 12.3. The van der Waals surface area contributed by atoms with Gasteiger partial charge in [0.05, 0.1) is 78.8 Å². The van der Waals surface area contributed by atoms with Crippen LogP contribution in [0, 0.1) is 0 Å². The van der Waals surface area contributed by atoms with Crippen molar-refractivity contribution >= 4 is 12.0 Å². The lowest BCUT2D eigenvalue weighted by molar-refractivity contribution is -0.294. The van der Waals surface area contributed by atoms with Crippen molar-refractivity contribution in [2.24, 2.45) is 0 Å². The van der Waals surface area contributed by atoms with Crippen molar-refractivity contribution < 1.29 is 63.2 Å². The Bertz CT molecular complexity index is 601. The molecule has 1 fully saturated rings. The third-order valence-corrected chi connectivity index (χ3v) is 5.00. The third-order valence-electron chi connectivity index (χ3n) is 5.00. The standard InChI is InChI=1S/C22H42N2O13/c1-16-18(26)19(27)20(28)21(37-16)36-15-14-33-6-3-23-17(25)2-5-31-8-10-34-12-13-35-11-9-32-7-4-24-22(29)30/h16,18-21,24,26-28H,2-15H2,1H3,(H,23,25)(H,29,30)/t16-,18-,19+,20+,21+/m0/s1. The number of ether oxygens (including phenoxy) is 7. The molecule has 1 aliphatic heterocycles. The summed E-state index contributed by atoms with van der Waals surface area (Å²) >= 11 is 0. The number of nitrogens with one attached hydrogen (secondary N) is 2. The normalized spacial score (nSPS) is 23.6. The molecule has 1 saturated heterocycles. The largest absolute Gasteiger partial charge is 0.465 e. The molecule has 0 aromatic rings. The number of hydrogen-bond donors (Lipinski definition) is 6. The molecular formula is C22H42N2O13. The van der Waals surface area contributed by atoms with Gasteiger partial charge in [0.15, 0.2) is 6.29 Å². The van der Waals surface area contributed by atoms with E-state index in [4.69, 9.17) is 38.3 Å². The van der Waals surface area contributed by atoms with Crippen LogP contribution in [-0.2, 0) is 38.0 Å². The van der Waals surface area contributed by atoms with E-state index in [0.29, 0.717) is 46.2 Å². The van der Waals surface area contributed by atoms with Gasteiger partial charge in [0.2, 0.25) is 5.91 Å². The fourth-order valence-corrected chi connectivity index (χ4v) is 2.98. The maximum Gasteiger partial charge on any atom is 0.404 e. The van der Waals surface area contributed by atoms with Gasteiger partial charge in [-0.1, -0.05) is 0 Å². The fourth-order valence-electron chi connectivity index (χ4n) is 2.98. The highest BCUT2D eigenvalue weighted by Crippen LogP contribution is 2.21. The van der Waals surface area contributed by atoms with Gasteiger partial charge >= 0.3 is 6.09 Å². The molecule has 1 aliphatic rings. The van der Waals surface area contributed by atoms with Crippen LogP contribution in [0.5, 0.6) is 0 Å². The highest BCUT2D eigenvalue weighted by molar-refractivity contribution is 5.75. The number of carbonyl (C=O) groups excluding carboxylic acids is 1. The Morgan fingerprint density at radius 1 is 0.676 bits per heavy atom. The molecule has 15 nitrogen and oxygen atoms in total. The Labute approximate surface area is 216 Å². The summed E-state index contributed by atoms with van der Waals surface area (Å²) in [5.74, 6) is -0.171. The molecule has 1 rings (SSSR count). The molecule has 218 valence electrons. The Morgan fingerprint density at radius 3 is 1.73 bits per heavy atom. The second kappa shape index (κ2) is 21.3. The maximum absolute atomic E-state index is 11.8. The molecule has 0 radical (unpaired) electrons. The van der Waals surface area contributed by atoms with E-state index >= 15 is 0 Å². The summed E-state index contributed by atoms with van der Waals surface area (Å²) in [6.45, 7) is 5.51. The van der Waals surface area contributed by atoms with E-state index in [1.54, 1.807) is 6.92 Å². The average molecular weight is 543 g/mol. The first-order chi connectivity index (χ1) is 17.8. The van der Waals surface area contributed by atoms with E-state index < -0.39 is 36.8 Å². The second-order valence-corrected chi connectivity index (χ2v) is 7.95. The Balaban J connectivity index is 1.81. The molecule has 6 N–H and O–H groups in total. The van der Waals surface area contributed by atoms with Gasteiger partial charge in [-0.25, -0.2) is 4.79 Å². The summed E-state index contributed by atoms with van der Waals surface area (Å²) < 4.78 is 37.2. The van der Waals surface area contributed by atoms with Crippen molar-refractivity contribution in [3.8, 4) is 0 Å². The highest BCUT2D eigenvalue weighted by Gasteiger charge is 2.42. The van der Waals surface area contributed by atoms with Crippen LogP contribution in [-0.4, -0.2) is 149 Å². The molecule has 0 aromatic heterocycles. The van der Waals surface area contributed by atoms with Crippen molar-refractivity contribution in [3.63, 3.8) is 0 Å². The molecule has 1 heterocycles. The molecule has 0 spiro atoms. The lowest BCUT2D eigenvalue weighted by Crippen LogP contribution is -2.57. The number of amides is 2. The first-order valence-corrected chi connectivity index (χ1v) is 12.3. The summed E-state index contributed by atoms with van der Waals surface area (Å²) in [5.41, 5.74) is 0. The van der Waals surface area contributed by atoms with Crippen molar-refractivity contribution in [3.05, 3.63) is 0 Å². The van der Waals surface area contributed by atoms with E-state index in [-0.39, 0.29) is 51.9 Å². The van der Waals surface area contributed by atoms with Crippen molar-refractivity contribution in [2.75, 3.05) is 85.8 Å². The maximum atomic E-state index is 11.8. The number of aliphatic hydroxyl groups is 3. The Kier molecular flexibility index (Phi) is 19.2. The minimum atomic E-state index is -1.35. The number of carbonyl (C=O) groups is 2. The van der Waals surface area contributed by atoms with E-state index in [2.05, 4.69) is 10.6 Å². The number of hydrogen-bond acceptors (Lipinski definition) is 12. The predicted octanol–water partition coefficient (Wildman–Crippen LogP) is -2.31. The van der Waals surface area contributed by atoms with Crippen LogP contribution < -0.4 is 10.6 Å². The zero-order valence-corrected chi connectivity index (χ0v) is 21.2. The fraction of sp³-hybridized carbons (Fsp3) is 0.909. The molecule has 0 bridgehead atoms. The molecule has 0 unspecified atom stereocenters. The van der Waals surface area contributed by atoms with Gasteiger partial charge in [-0.05, 0) is 6.92 Å². The van der Waals surface area contributed by atoms with Crippen molar-refractivity contribution in [2.45, 2.75) is 44.1 Å². The van der Waals surface area contributed by atoms with Crippen LogP contribution in [0.15, 0.2) is 0 Å². The molecule has 15 heteroatoms. The monoisotopic (exact) mass is 542 g/mol. The van der Waals surface area contributed by atoms with E-state index in [1.807, 2.05) is 0 Å². The van der Waals surface area contributed by atoms with Crippen molar-refractivity contribution in [1.29, 1.82) is 0 Å². The van der Waals surface area contributed by atoms with Gasteiger partial charge in [0.25, 0.3) is 0 Å². The lowest BCUT2D eigenvalue weighted by atomic mass is 10.0. The smallest absolute Gasteiger partial charge is 0.404 e. The Hall–Kier alpha value is -1.66. The zero-order valence-electron chi connectivity index (χ0n) is 21.2. The lowest BCUT2D eigenvalue weighted by Gasteiger charge is -2.38. The number of aliphatic hydroxyl groups excluding tert-OH is 3. The summed E-state index contributed by atoms with van der Waals surface area (Å²) in [6, 6.07) is 0. The minimum Gasteiger partial charge on any atom is -0.465 e. The summed E-state index contributed by atoms with van der Waals surface area (Å²) in [4.78, 5) is 22.0. The van der Waals surface area contributed by atoms with E-state index in [1.165, 1.54) is 0 Å². The summed E-state index contributed by atoms with van der Waals surface area (Å²) in [7, 11) is 0. The van der Waals surface area contributed by atoms with E-state index in [9.17, 15) is 24.9 Å². The first kappa shape index (κ1) is 33.4. The molecular weight excluding hydrogens is 500 g/mol. The zero-order chi connectivity index (χ0) is 27.3. The minimum absolute atomic E-state index is 0.107. The van der Waals surface area contributed by atoms with Crippen LogP contribution in [0.25, 0.3) is 0 Å². The third kappa shape index (κ3) is 16.7. The van der Waals surface area contributed by atoms with Gasteiger partial charge < -0.3 is 64.2 Å². The van der Waals surface area contributed by atoms with Gasteiger partial charge in [-0.15, -0.1) is 0 Å². The van der Waals surface area contributed by atoms with Gasteiger partial charge in [-0.3, -0.25) is 4.79 Å². The molecule has 2 amide bonds. The SMILES string of the molecule is C[C@@H]1O[C@@H](OCCOCCNC(=O)CCOCCOCCOCCOCCNC(=O)O)[C@H](O)[C@H](O)[C@H]1O.